The normalized spacial score (nSPS) is 13.4. The van der Waals surface area contributed by atoms with E-state index in [4.69, 9.17) is 19.3 Å². The molecule has 4 aromatic carbocycles. The number of fused-ring (bicyclic) bond motifs is 1. The molecule has 5 aromatic rings. The van der Waals surface area contributed by atoms with E-state index in [-0.39, 0.29) is 6.61 Å². The largest absolute Gasteiger partial charge is 0.490 e. The van der Waals surface area contributed by atoms with Gasteiger partial charge in [0.05, 0.1) is 11.8 Å². The molecule has 1 saturated carbocycles. The van der Waals surface area contributed by atoms with Gasteiger partial charge in [-0.25, -0.2) is 4.79 Å². The summed E-state index contributed by atoms with van der Waals surface area (Å²) in [5, 5.41) is 10.1. The Bertz CT molecular complexity index is 1650. The number of carboxylic acid groups (broad SMARTS) is 1. The average Bonchev–Trinajstić information content (AvgIpc) is 3.62. The van der Waals surface area contributed by atoms with E-state index < -0.39 is 5.97 Å². The second-order valence-corrected chi connectivity index (χ2v) is 10.9. The van der Waals surface area contributed by atoms with Crippen molar-refractivity contribution < 1.29 is 24.1 Å². The van der Waals surface area contributed by atoms with Crippen LogP contribution in [0.3, 0.4) is 0 Å². The van der Waals surface area contributed by atoms with Crippen molar-refractivity contribution >= 4 is 16.9 Å². The van der Waals surface area contributed by atoms with Crippen molar-refractivity contribution in [3.05, 3.63) is 114 Å². The van der Waals surface area contributed by atoms with E-state index in [9.17, 15) is 4.79 Å². The Kier molecular flexibility index (Phi) is 8.13. The summed E-state index contributed by atoms with van der Waals surface area (Å²) in [5.74, 6) is 1.29. The van der Waals surface area contributed by atoms with Gasteiger partial charge in [-0.2, -0.15) is 0 Å². The van der Waals surface area contributed by atoms with E-state index in [0.717, 1.165) is 57.6 Å². The molecule has 1 heterocycles. The molecule has 6 nitrogen and oxygen atoms in total. The molecule has 1 aliphatic rings. The van der Waals surface area contributed by atoms with Crippen molar-refractivity contribution in [3.8, 4) is 28.5 Å². The highest BCUT2D eigenvalue weighted by Gasteiger charge is 2.19. The Morgan fingerprint density at radius 3 is 2.21 bits per heavy atom. The summed E-state index contributed by atoms with van der Waals surface area (Å²) >= 11 is 0. The minimum Gasteiger partial charge on any atom is -0.490 e. The van der Waals surface area contributed by atoms with E-state index in [1.165, 1.54) is 18.4 Å². The van der Waals surface area contributed by atoms with Crippen LogP contribution in [0.4, 0.5) is 0 Å². The van der Waals surface area contributed by atoms with Crippen LogP contribution in [-0.4, -0.2) is 28.4 Å². The Hall–Kier alpha value is -4.71. The van der Waals surface area contributed by atoms with E-state index in [2.05, 4.69) is 60.0 Å². The number of hydrogen-bond acceptors (Lipinski definition) is 4. The van der Waals surface area contributed by atoms with Crippen molar-refractivity contribution in [2.75, 3.05) is 6.61 Å². The van der Waals surface area contributed by atoms with Crippen LogP contribution in [0.5, 0.6) is 17.2 Å². The van der Waals surface area contributed by atoms with Gasteiger partial charge in [0.25, 0.3) is 0 Å². The number of aromatic nitrogens is 1. The molecular weight excluding hydrogens is 526 g/mol. The van der Waals surface area contributed by atoms with Crippen molar-refractivity contribution in [2.24, 2.45) is 0 Å². The third-order valence-corrected chi connectivity index (χ3v) is 7.90. The molecule has 0 aliphatic heterocycles. The van der Waals surface area contributed by atoms with Gasteiger partial charge in [-0.05, 0) is 109 Å². The van der Waals surface area contributed by atoms with Gasteiger partial charge in [0.15, 0.2) is 6.61 Å². The first kappa shape index (κ1) is 27.5. The fourth-order valence-corrected chi connectivity index (χ4v) is 5.78. The van der Waals surface area contributed by atoms with Crippen molar-refractivity contribution in [2.45, 2.75) is 51.9 Å². The van der Waals surface area contributed by atoms with Gasteiger partial charge < -0.3 is 23.9 Å². The Labute approximate surface area is 246 Å². The lowest BCUT2D eigenvalue weighted by Gasteiger charge is -2.15. The molecule has 0 radical (unpaired) electrons. The van der Waals surface area contributed by atoms with Crippen molar-refractivity contribution in [3.63, 3.8) is 0 Å². The summed E-state index contributed by atoms with van der Waals surface area (Å²) in [6.45, 7) is 2.96. The third-order valence-electron chi connectivity index (χ3n) is 7.90. The molecule has 0 saturated heterocycles. The zero-order valence-corrected chi connectivity index (χ0v) is 23.8. The number of aliphatic carboxylic acids is 1. The van der Waals surface area contributed by atoms with Crippen LogP contribution in [0.2, 0.25) is 0 Å². The van der Waals surface area contributed by atoms with Crippen molar-refractivity contribution in [1.29, 1.82) is 0 Å². The predicted octanol–water partition coefficient (Wildman–Crippen LogP) is 8.03. The molecule has 1 fully saturated rings. The molecule has 6 heteroatoms. The maximum absolute atomic E-state index is 10.9. The average molecular weight is 562 g/mol. The molecule has 1 N–H and O–H groups in total. The number of aryl methyl sites for hydroxylation is 1. The standard InChI is InChI=1S/C36H35NO5/c1-25-33-21-32(40-23-27-7-3-2-4-8-27)19-20-34(33)37(22-26-11-15-29(16-12-26)41-24-35(38)39)36(25)28-13-17-31(18-14-28)42-30-9-5-6-10-30/h2-4,7-8,11-21,30H,5-6,9-10,22-24H2,1H3,(H,38,39). The van der Waals surface area contributed by atoms with Gasteiger partial charge in [-0.1, -0.05) is 42.5 Å². The number of nitrogens with zero attached hydrogens (tertiary/aromatic N) is 1. The SMILES string of the molecule is Cc1c(-c2ccc(OC3CCCC3)cc2)n(Cc2ccc(OCC(=O)O)cc2)c2ccc(OCc3ccccc3)cc12. The zero-order chi connectivity index (χ0) is 28.9. The summed E-state index contributed by atoms with van der Waals surface area (Å²) in [5.41, 5.74) is 6.78. The second kappa shape index (κ2) is 12.4. The van der Waals surface area contributed by atoms with E-state index >= 15 is 0 Å². The molecular formula is C36H35NO5. The number of benzene rings is 4. The van der Waals surface area contributed by atoms with Gasteiger partial charge in [0, 0.05) is 17.4 Å². The molecule has 0 unspecified atom stereocenters. The maximum atomic E-state index is 10.9. The van der Waals surface area contributed by atoms with Crippen LogP contribution in [0.15, 0.2) is 97.1 Å². The first-order chi connectivity index (χ1) is 20.5. The zero-order valence-electron chi connectivity index (χ0n) is 23.8. The lowest BCUT2D eigenvalue weighted by Crippen LogP contribution is -2.10. The van der Waals surface area contributed by atoms with Crippen LogP contribution in [0.1, 0.15) is 42.4 Å². The molecule has 42 heavy (non-hydrogen) atoms. The van der Waals surface area contributed by atoms with Gasteiger partial charge in [-0.3, -0.25) is 0 Å². The molecule has 6 rings (SSSR count). The number of carboxylic acids is 1. The second-order valence-electron chi connectivity index (χ2n) is 10.9. The minimum absolute atomic E-state index is 0.320. The Balaban J connectivity index is 1.33. The highest BCUT2D eigenvalue weighted by atomic mass is 16.5. The molecule has 1 aromatic heterocycles. The summed E-state index contributed by atoms with van der Waals surface area (Å²) < 4.78 is 20.1. The smallest absolute Gasteiger partial charge is 0.341 e. The lowest BCUT2D eigenvalue weighted by molar-refractivity contribution is -0.139. The predicted molar refractivity (Wildman–Crippen MR) is 164 cm³/mol. The van der Waals surface area contributed by atoms with Gasteiger partial charge in [0.1, 0.15) is 23.9 Å². The summed E-state index contributed by atoms with van der Waals surface area (Å²) in [7, 11) is 0. The number of carbonyl (C=O) groups is 1. The number of ether oxygens (including phenoxy) is 3. The molecule has 0 spiro atoms. The van der Waals surface area contributed by atoms with Crippen LogP contribution in [-0.2, 0) is 17.9 Å². The van der Waals surface area contributed by atoms with E-state index in [1.807, 2.05) is 48.5 Å². The van der Waals surface area contributed by atoms with Crippen LogP contribution < -0.4 is 14.2 Å². The first-order valence-corrected chi connectivity index (χ1v) is 14.5. The van der Waals surface area contributed by atoms with E-state index in [1.54, 1.807) is 0 Å². The fourth-order valence-electron chi connectivity index (χ4n) is 5.78. The van der Waals surface area contributed by atoms with Crippen LogP contribution in [0, 0.1) is 6.92 Å². The van der Waals surface area contributed by atoms with Crippen molar-refractivity contribution in [1.82, 2.24) is 4.57 Å². The molecule has 0 amide bonds. The van der Waals surface area contributed by atoms with Crippen LogP contribution >= 0.6 is 0 Å². The van der Waals surface area contributed by atoms with Crippen LogP contribution in [0.25, 0.3) is 22.2 Å². The minimum atomic E-state index is -0.996. The summed E-state index contributed by atoms with van der Waals surface area (Å²) in [4.78, 5) is 10.9. The maximum Gasteiger partial charge on any atom is 0.341 e. The van der Waals surface area contributed by atoms with Gasteiger partial charge in [0.2, 0.25) is 0 Å². The van der Waals surface area contributed by atoms with E-state index in [0.29, 0.717) is 25.0 Å². The summed E-state index contributed by atoms with van der Waals surface area (Å²) in [6, 6.07) is 32.6. The third kappa shape index (κ3) is 6.28. The molecule has 1 aliphatic carbocycles. The highest BCUT2D eigenvalue weighted by molar-refractivity contribution is 5.92. The van der Waals surface area contributed by atoms with Gasteiger partial charge >= 0.3 is 5.97 Å². The highest BCUT2D eigenvalue weighted by Crippen LogP contribution is 2.37. The Morgan fingerprint density at radius 2 is 1.50 bits per heavy atom. The quantitative estimate of drug-likeness (QED) is 0.177. The number of hydrogen-bond donors (Lipinski definition) is 1. The number of rotatable bonds is 11. The molecule has 0 atom stereocenters. The lowest BCUT2D eigenvalue weighted by atomic mass is 10.1. The topological polar surface area (TPSA) is 69.9 Å². The monoisotopic (exact) mass is 561 g/mol. The molecule has 0 bridgehead atoms. The Morgan fingerprint density at radius 1 is 0.810 bits per heavy atom. The first-order valence-electron chi connectivity index (χ1n) is 14.5. The fraction of sp³-hybridized carbons (Fsp3) is 0.250. The summed E-state index contributed by atoms with van der Waals surface area (Å²) in [6.07, 6.45) is 5.06. The molecule has 214 valence electrons. The van der Waals surface area contributed by atoms with Gasteiger partial charge in [-0.15, -0.1) is 0 Å².